The van der Waals surface area contributed by atoms with Crippen LogP contribution in [0.15, 0.2) is 47.3 Å². The van der Waals surface area contributed by atoms with Crippen molar-refractivity contribution in [2.45, 2.75) is 42.0 Å². The maximum absolute atomic E-state index is 15.6. The van der Waals surface area contributed by atoms with Gasteiger partial charge in [-0.2, -0.15) is 18.3 Å². The van der Waals surface area contributed by atoms with Gasteiger partial charge in [0.05, 0.1) is 24.3 Å². The third-order valence-electron chi connectivity index (χ3n) is 9.31. The van der Waals surface area contributed by atoms with Crippen molar-refractivity contribution in [2.75, 3.05) is 20.0 Å². The second-order valence-electron chi connectivity index (χ2n) is 13.8. The summed E-state index contributed by atoms with van der Waals surface area (Å²) in [6.07, 6.45) is -8.91. The average Bonchev–Trinajstić information content (AvgIpc) is 3.69. The van der Waals surface area contributed by atoms with Crippen LogP contribution in [0.4, 0.5) is 45.3 Å². The fourth-order valence-corrected chi connectivity index (χ4v) is 41.5. The molecular weight excluding hydrogens is 1120 g/mol. The Kier molecular flexibility index (Phi) is 11.4. The predicted octanol–water partition coefficient (Wildman–Crippen LogP) is 7.67. The molecule has 2 N–H and O–H groups in total. The average molecular weight is 1150 g/mol. The third kappa shape index (κ3) is 8.49. The van der Waals surface area contributed by atoms with E-state index in [1.54, 1.807) is 0 Å². The molecule has 27 heteroatoms. The Morgan fingerprint density at radius 1 is 1.06 bits per heavy atom. The molecule has 332 valence electrons. The summed E-state index contributed by atoms with van der Waals surface area (Å²) in [5.74, 6) is -4.40. The van der Waals surface area contributed by atoms with E-state index in [2.05, 4.69) is 30.2 Å². The summed E-state index contributed by atoms with van der Waals surface area (Å²) in [5.41, 5.74) is -3.21. The van der Waals surface area contributed by atoms with Crippen LogP contribution in [0, 0.1) is 15.2 Å². The Bertz CT molecular complexity index is 2980. The minimum absolute atomic E-state index is 0.00285. The molecule has 0 unspecified atom stereocenters. The molecule has 2 aliphatic heterocycles. The van der Waals surface area contributed by atoms with Gasteiger partial charge in [-0.1, -0.05) is 11.6 Å². The summed E-state index contributed by atoms with van der Waals surface area (Å²) in [6.45, 7) is -1.91. The van der Waals surface area contributed by atoms with E-state index in [-0.39, 0.29) is 44.4 Å². The number of nitrogens with zero attached hydrogens (tertiary/aromatic N) is 7. The van der Waals surface area contributed by atoms with Crippen LogP contribution in [-0.2, 0) is 38.8 Å². The van der Waals surface area contributed by atoms with Gasteiger partial charge in [0.1, 0.15) is 0 Å². The number of benzene rings is 2. The number of anilines is 1. The van der Waals surface area contributed by atoms with Crippen LogP contribution in [0.1, 0.15) is 41.7 Å². The van der Waals surface area contributed by atoms with E-state index in [0.717, 1.165) is 39.8 Å². The van der Waals surface area contributed by atoms with E-state index in [1.807, 2.05) is 0 Å². The number of sulfonamides is 1. The number of hydrogen-bond acceptors (Lipinski definition) is 9. The first-order valence-corrected chi connectivity index (χ1v) is 31.4. The molecule has 0 bridgehead atoms. The van der Waals surface area contributed by atoms with Crippen molar-refractivity contribution in [2.24, 2.45) is 7.05 Å². The Labute approximate surface area is 358 Å². The topological polar surface area (TPSA) is 168 Å². The number of aromatic nitrogens is 7. The number of pyridine rings is 1. The molecule has 0 radical (unpaired) electrons. The van der Waals surface area contributed by atoms with Crippen LogP contribution >= 0.6 is 43.3 Å². The molecular formula is C35H27ClF9I2N9O5S. The first kappa shape index (κ1) is 44.2. The molecule has 0 saturated carbocycles. The van der Waals surface area contributed by atoms with Gasteiger partial charge in [-0.3, -0.25) is 4.72 Å². The fourth-order valence-electron chi connectivity index (χ4n) is 6.87. The summed E-state index contributed by atoms with van der Waals surface area (Å²) in [6, 6.07) is 5.47. The molecule has 1 fully saturated rings. The van der Waals surface area contributed by atoms with Crippen molar-refractivity contribution in [1.82, 2.24) is 39.4 Å². The number of carbonyl (C=O) groups is 1. The van der Waals surface area contributed by atoms with E-state index in [0.29, 0.717) is 10.7 Å². The number of hydrogen-bond donors (Lipinski definition) is 2. The van der Waals surface area contributed by atoms with Crippen molar-refractivity contribution in [3.63, 3.8) is 0 Å². The molecule has 1 atom stereocenters. The first-order chi connectivity index (χ1) is 29.0. The van der Waals surface area contributed by atoms with Crippen molar-refractivity contribution >= 4 is 87.0 Å². The van der Waals surface area contributed by atoms with E-state index >= 15 is 8.78 Å². The Hall–Kier alpha value is -4.45. The number of ether oxygens (including phenoxy) is 1. The van der Waals surface area contributed by atoms with E-state index < -0.39 is 142 Å². The number of alkyl halides is 10. The van der Waals surface area contributed by atoms with Crippen LogP contribution in [0.25, 0.3) is 27.6 Å². The summed E-state index contributed by atoms with van der Waals surface area (Å²) in [7, 11) is -2.60. The minimum atomic E-state index is -4.60. The summed E-state index contributed by atoms with van der Waals surface area (Å²) < 4.78 is 159. The Morgan fingerprint density at radius 2 is 1.77 bits per heavy atom. The summed E-state index contributed by atoms with van der Waals surface area (Å²) in [4.78, 5) is 37.4. The molecule has 6 aromatic rings. The number of aryl methyl sites for hydroxylation is 1. The number of amides is 1. The molecule has 14 nitrogen and oxygen atoms in total. The van der Waals surface area contributed by atoms with Gasteiger partial charge < -0.3 is 4.74 Å². The van der Waals surface area contributed by atoms with Gasteiger partial charge >= 0.3 is 259 Å². The molecule has 8 rings (SSSR count). The van der Waals surface area contributed by atoms with Crippen LogP contribution < -0.4 is 20.3 Å². The summed E-state index contributed by atoms with van der Waals surface area (Å²) in [5, 5.41) is 10.1. The van der Waals surface area contributed by atoms with E-state index in [4.69, 9.17) is 16.3 Å². The number of fused-ring (bicyclic) bond motifs is 5. The number of nitrogens with one attached hydrogen (secondary N) is 2. The molecule has 6 heterocycles. The zero-order chi connectivity index (χ0) is 44.8. The number of carbonyl (C=O) groups excluding carboxylic acids is 1. The first-order valence-electron chi connectivity index (χ1n) is 17.6. The van der Waals surface area contributed by atoms with Gasteiger partial charge in [-0.25, -0.2) is 8.42 Å². The van der Waals surface area contributed by atoms with Gasteiger partial charge in [0.25, 0.3) is 0 Å². The normalized spacial score (nSPS) is 16.2. The van der Waals surface area contributed by atoms with Crippen molar-refractivity contribution < 1.29 is 57.5 Å². The van der Waals surface area contributed by atoms with Gasteiger partial charge in [-0.05, 0) is 0 Å². The van der Waals surface area contributed by atoms with Crippen molar-refractivity contribution in [3.05, 3.63) is 95.8 Å². The Balaban J connectivity index is 1.32. The van der Waals surface area contributed by atoms with Crippen molar-refractivity contribution in [1.29, 1.82) is 0 Å². The molecule has 2 aliphatic rings. The van der Waals surface area contributed by atoms with Crippen LogP contribution in [-0.4, -0.2) is 69.9 Å². The van der Waals surface area contributed by atoms with Crippen molar-refractivity contribution in [3.8, 4) is 11.6 Å². The predicted molar refractivity (Wildman–Crippen MR) is 223 cm³/mol. The van der Waals surface area contributed by atoms with Gasteiger partial charge in [-0.15, -0.1) is 0 Å². The van der Waals surface area contributed by atoms with Crippen LogP contribution in [0.3, 0.4) is 0 Å². The quantitative estimate of drug-likeness (QED) is 0.0671. The molecule has 62 heavy (non-hydrogen) atoms. The zero-order valence-corrected chi connectivity index (χ0v) is 37.2. The monoisotopic (exact) mass is 1140 g/mol. The van der Waals surface area contributed by atoms with E-state index in [1.165, 1.54) is 19.2 Å². The number of rotatable bonds is 13. The molecule has 1 saturated heterocycles. The van der Waals surface area contributed by atoms with E-state index in [9.17, 15) is 48.7 Å². The van der Waals surface area contributed by atoms with Gasteiger partial charge in [0, 0.05) is 13.1 Å². The molecule has 2 aromatic carbocycles. The SMILES string of the molecule is Cn1nc(NS(C)(=O)=O)c2c(Cl)ccc(-n3c([C@H](Cc4cc(F)cc(F)c4)NC(=O)Cn4nc(C(F)F)c5c4C(F)(F)I4CI54)nc4nc(OCCC(F)(F)F)ccc4c3=O)c21. The fraction of sp³-hybridized carbons (Fsp3) is 0.314. The molecule has 0 aliphatic carbocycles. The molecule has 4 aromatic heterocycles. The standard InChI is InChI=1S/C35H27ClF9I2N9O5S/c1-54-27-21(5-4-19(36)24(27)31(52-54)53-62(2,59)60)56-32(50-30-18(33(56)58)3-6-23(49-30)61-8-7-34(41,42)43)20(11-15-9-16(37)12-17(38)10-15)48-22(57)13-55-28-25(26(51-55)29(39)40)46-14-47(46)35(28,44)45/h3-6,9-10,12,20,29H,7-8,11,13-14H2,1-2H3,(H,48,57)(H,52,53)/t20-/m0/s1. The molecule has 0 spiro atoms. The zero-order valence-electron chi connectivity index (χ0n) is 31.3. The third-order valence-corrected chi connectivity index (χ3v) is 35.5. The molecule has 1 amide bonds. The van der Waals surface area contributed by atoms with Gasteiger partial charge in [0.15, 0.2) is 5.82 Å². The summed E-state index contributed by atoms with van der Waals surface area (Å²) >= 11 is 1.13. The number of halogens is 12. The second-order valence-corrected chi connectivity index (χ2v) is 39.5. The van der Waals surface area contributed by atoms with Crippen LogP contribution in [0.2, 0.25) is 5.02 Å². The van der Waals surface area contributed by atoms with Gasteiger partial charge in [0.2, 0.25) is 10.0 Å². The van der Waals surface area contributed by atoms with Crippen LogP contribution in [0.5, 0.6) is 5.88 Å². The maximum atomic E-state index is 15.6. The second kappa shape index (κ2) is 16.0. The Morgan fingerprint density at radius 3 is 2.44 bits per heavy atom.